The van der Waals surface area contributed by atoms with E-state index in [-0.39, 0.29) is 12.5 Å². The van der Waals surface area contributed by atoms with Gasteiger partial charge in [-0.05, 0) is 38.0 Å². The smallest absolute Gasteiger partial charge is 0.321 e. The number of hydrogen-bond donors (Lipinski definition) is 0. The number of unbranched alkanes of at least 4 members (excludes halogenated alkanes) is 2. The first-order valence-electron chi connectivity index (χ1n) is 11.1. The molecule has 1 aromatic heterocycles. The van der Waals surface area contributed by atoms with Crippen LogP contribution < -0.4 is 4.90 Å². The van der Waals surface area contributed by atoms with E-state index < -0.39 is 17.9 Å². The fraction of sp³-hybridized carbons (Fsp3) is 0.400. The number of imidazole rings is 1. The van der Waals surface area contributed by atoms with E-state index in [1.807, 2.05) is 55.5 Å². The minimum absolute atomic E-state index is 0.233. The first-order chi connectivity index (χ1) is 15.1. The summed E-state index contributed by atoms with van der Waals surface area (Å²) in [7, 11) is 0. The number of rotatable bonds is 7. The van der Waals surface area contributed by atoms with Gasteiger partial charge in [-0.25, -0.2) is 4.98 Å². The standard InChI is InChI=1S/C25H29N3O3/c1-4-6-9-16-27-23(29)21(24(30)31-5-2)22(18-14-12-17(3)13-15-18)28-20-11-8-7-10-19(20)26-25(27)28/h7-8,10-15,21-22H,4-6,9,16H2,1-3H3/t21-,22+/m0/s1. The fourth-order valence-corrected chi connectivity index (χ4v) is 4.34. The number of para-hydroxylation sites is 2. The van der Waals surface area contributed by atoms with Gasteiger partial charge in [-0.15, -0.1) is 0 Å². The Morgan fingerprint density at radius 2 is 1.81 bits per heavy atom. The zero-order valence-electron chi connectivity index (χ0n) is 18.4. The van der Waals surface area contributed by atoms with Crippen LogP contribution in [-0.2, 0) is 14.3 Å². The van der Waals surface area contributed by atoms with Gasteiger partial charge in [0.15, 0.2) is 5.92 Å². The molecular formula is C25H29N3O3. The Balaban J connectivity index is 1.93. The highest BCUT2D eigenvalue weighted by atomic mass is 16.5. The Bertz CT molecular complexity index is 1090. The summed E-state index contributed by atoms with van der Waals surface area (Å²) in [6, 6.07) is 15.3. The molecule has 0 N–H and O–H groups in total. The summed E-state index contributed by atoms with van der Waals surface area (Å²) in [5.41, 5.74) is 3.74. The first kappa shape index (κ1) is 21.1. The average Bonchev–Trinajstić information content (AvgIpc) is 3.15. The van der Waals surface area contributed by atoms with Crippen molar-refractivity contribution in [1.82, 2.24) is 9.55 Å². The van der Waals surface area contributed by atoms with Gasteiger partial charge in [0, 0.05) is 6.54 Å². The average molecular weight is 420 g/mol. The number of aryl methyl sites for hydroxylation is 1. The Hall–Kier alpha value is -3.15. The highest BCUT2D eigenvalue weighted by Gasteiger charge is 2.47. The molecule has 1 aliphatic rings. The summed E-state index contributed by atoms with van der Waals surface area (Å²) in [4.78, 5) is 33.3. The third-order valence-corrected chi connectivity index (χ3v) is 5.89. The van der Waals surface area contributed by atoms with Gasteiger partial charge < -0.3 is 9.30 Å². The van der Waals surface area contributed by atoms with E-state index in [4.69, 9.17) is 9.72 Å². The van der Waals surface area contributed by atoms with Crippen LogP contribution in [0.4, 0.5) is 5.95 Å². The molecule has 162 valence electrons. The zero-order valence-corrected chi connectivity index (χ0v) is 18.4. The van der Waals surface area contributed by atoms with Crippen molar-refractivity contribution in [3.8, 4) is 0 Å². The van der Waals surface area contributed by atoms with Crippen LogP contribution >= 0.6 is 0 Å². The summed E-state index contributed by atoms with van der Waals surface area (Å²) in [5, 5.41) is 0. The number of carbonyl (C=O) groups is 2. The lowest BCUT2D eigenvalue weighted by atomic mass is 9.89. The third kappa shape index (κ3) is 3.82. The Labute approximate surface area is 182 Å². The van der Waals surface area contributed by atoms with Crippen molar-refractivity contribution in [2.75, 3.05) is 18.1 Å². The molecule has 1 aliphatic heterocycles. The van der Waals surface area contributed by atoms with Crippen LogP contribution in [0.2, 0.25) is 0 Å². The summed E-state index contributed by atoms with van der Waals surface area (Å²) in [6.45, 7) is 6.68. The quantitative estimate of drug-likeness (QED) is 0.318. The van der Waals surface area contributed by atoms with Gasteiger partial charge in [0.2, 0.25) is 11.9 Å². The second-order valence-corrected chi connectivity index (χ2v) is 8.05. The van der Waals surface area contributed by atoms with Crippen LogP contribution in [0, 0.1) is 12.8 Å². The largest absolute Gasteiger partial charge is 0.465 e. The van der Waals surface area contributed by atoms with Crippen molar-refractivity contribution in [3.05, 3.63) is 59.7 Å². The predicted molar refractivity (Wildman–Crippen MR) is 121 cm³/mol. The molecule has 1 amide bonds. The highest BCUT2D eigenvalue weighted by Crippen LogP contribution is 2.41. The molecule has 0 unspecified atom stereocenters. The van der Waals surface area contributed by atoms with Crippen LogP contribution in [0.15, 0.2) is 48.5 Å². The van der Waals surface area contributed by atoms with E-state index in [0.717, 1.165) is 41.4 Å². The Kier molecular flexibility index (Phi) is 6.07. The SMILES string of the molecule is CCCCCN1C(=O)[C@@H](C(=O)OCC)[C@@H](c2ccc(C)cc2)n2c1nc1ccccc12. The number of anilines is 1. The van der Waals surface area contributed by atoms with Gasteiger partial charge in [-0.1, -0.05) is 61.7 Å². The van der Waals surface area contributed by atoms with Crippen molar-refractivity contribution >= 4 is 28.9 Å². The molecule has 0 saturated heterocycles. The molecule has 0 fully saturated rings. The van der Waals surface area contributed by atoms with Gasteiger partial charge in [0.1, 0.15) is 0 Å². The van der Waals surface area contributed by atoms with Crippen LogP contribution in [0.25, 0.3) is 11.0 Å². The van der Waals surface area contributed by atoms with Gasteiger partial charge in [0.25, 0.3) is 0 Å². The monoisotopic (exact) mass is 419 g/mol. The lowest BCUT2D eigenvalue weighted by molar-refractivity contribution is -0.153. The predicted octanol–water partition coefficient (Wildman–Crippen LogP) is 4.65. The molecule has 4 rings (SSSR count). The summed E-state index contributed by atoms with van der Waals surface area (Å²) >= 11 is 0. The Morgan fingerprint density at radius 1 is 1.06 bits per heavy atom. The van der Waals surface area contributed by atoms with Gasteiger partial charge in [-0.2, -0.15) is 0 Å². The molecule has 2 heterocycles. The molecular weight excluding hydrogens is 390 g/mol. The van der Waals surface area contributed by atoms with Gasteiger partial charge in [-0.3, -0.25) is 14.5 Å². The minimum atomic E-state index is -0.950. The molecule has 2 aromatic carbocycles. The van der Waals surface area contributed by atoms with E-state index in [1.54, 1.807) is 11.8 Å². The molecule has 3 aromatic rings. The number of benzene rings is 2. The Morgan fingerprint density at radius 3 is 2.52 bits per heavy atom. The van der Waals surface area contributed by atoms with Crippen LogP contribution in [0.5, 0.6) is 0 Å². The van der Waals surface area contributed by atoms with Gasteiger partial charge >= 0.3 is 5.97 Å². The second kappa shape index (κ2) is 8.92. The lowest BCUT2D eigenvalue weighted by Crippen LogP contribution is -2.50. The van der Waals surface area contributed by atoms with E-state index >= 15 is 0 Å². The molecule has 6 nitrogen and oxygen atoms in total. The van der Waals surface area contributed by atoms with Crippen molar-refractivity contribution in [1.29, 1.82) is 0 Å². The number of ether oxygens (including phenoxy) is 1. The highest BCUT2D eigenvalue weighted by molar-refractivity contribution is 6.08. The maximum absolute atomic E-state index is 13.7. The first-order valence-corrected chi connectivity index (χ1v) is 11.1. The number of amides is 1. The number of esters is 1. The lowest BCUT2D eigenvalue weighted by Gasteiger charge is -2.38. The molecule has 2 atom stereocenters. The van der Waals surface area contributed by atoms with Crippen molar-refractivity contribution < 1.29 is 14.3 Å². The third-order valence-electron chi connectivity index (χ3n) is 5.89. The summed E-state index contributed by atoms with van der Waals surface area (Å²) < 4.78 is 7.44. The van der Waals surface area contributed by atoms with Gasteiger partial charge in [0.05, 0.1) is 23.7 Å². The van der Waals surface area contributed by atoms with E-state index in [2.05, 4.69) is 11.5 Å². The van der Waals surface area contributed by atoms with Crippen LogP contribution in [0.3, 0.4) is 0 Å². The minimum Gasteiger partial charge on any atom is -0.465 e. The second-order valence-electron chi connectivity index (χ2n) is 8.05. The summed E-state index contributed by atoms with van der Waals surface area (Å²) in [5.74, 6) is -1.06. The van der Waals surface area contributed by atoms with Crippen molar-refractivity contribution in [2.24, 2.45) is 5.92 Å². The summed E-state index contributed by atoms with van der Waals surface area (Å²) in [6.07, 6.45) is 2.91. The van der Waals surface area contributed by atoms with E-state index in [0.29, 0.717) is 12.5 Å². The number of nitrogens with zero attached hydrogens (tertiary/aromatic N) is 3. The number of hydrogen-bond acceptors (Lipinski definition) is 4. The molecule has 0 aliphatic carbocycles. The van der Waals surface area contributed by atoms with E-state index in [1.165, 1.54) is 0 Å². The van der Waals surface area contributed by atoms with Crippen LogP contribution in [0.1, 0.15) is 50.3 Å². The maximum atomic E-state index is 13.7. The van der Waals surface area contributed by atoms with Crippen molar-refractivity contribution in [3.63, 3.8) is 0 Å². The van der Waals surface area contributed by atoms with Crippen molar-refractivity contribution in [2.45, 2.75) is 46.1 Å². The van der Waals surface area contributed by atoms with Crippen LogP contribution in [-0.4, -0.2) is 34.6 Å². The van der Waals surface area contributed by atoms with E-state index in [9.17, 15) is 9.59 Å². The number of carbonyl (C=O) groups excluding carboxylic acids is 2. The molecule has 0 spiro atoms. The fourth-order valence-electron chi connectivity index (χ4n) is 4.34. The molecule has 0 bridgehead atoms. The molecule has 0 saturated carbocycles. The number of fused-ring (bicyclic) bond motifs is 3. The molecule has 6 heteroatoms. The molecule has 31 heavy (non-hydrogen) atoms. The normalized spacial score (nSPS) is 18.3. The maximum Gasteiger partial charge on any atom is 0.321 e. The number of aromatic nitrogens is 2. The molecule has 0 radical (unpaired) electrons. The zero-order chi connectivity index (χ0) is 22.0. The topological polar surface area (TPSA) is 64.4 Å².